The fourth-order valence-electron chi connectivity index (χ4n) is 2.85. The molecule has 0 bridgehead atoms. The predicted octanol–water partition coefficient (Wildman–Crippen LogP) is 0.746. The minimum Gasteiger partial charge on any atom is -0.480 e. The zero-order valence-corrected chi connectivity index (χ0v) is 11.7. The van der Waals surface area contributed by atoms with Gasteiger partial charge in [0.15, 0.2) is 0 Å². The average Bonchev–Trinajstić information content (AvgIpc) is 3.02. The van der Waals surface area contributed by atoms with E-state index in [0.29, 0.717) is 13.1 Å². The SMILES string of the molecule is O=C(O)[C@@H]1C[C@H](O)CN1C(=O)N1CCc2sccc2C1. The third kappa shape index (κ3) is 2.27. The molecule has 2 N–H and O–H groups in total. The number of aliphatic hydroxyl groups is 1. The molecule has 2 atom stereocenters. The van der Waals surface area contributed by atoms with E-state index in [1.165, 1.54) is 9.78 Å². The van der Waals surface area contributed by atoms with Crippen LogP contribution in [-0.2, 0) is 17.8 Å². The van der Waals surface area contributed by atoms with E-state index in [4.69, 9.17) is 5.11 Å². The zero-order chi connectivity index (χ0) is 14.3. The van der Waals surface area contributed by atoms with E-state index in [-0.39, 0.29) is 19.0 Å². The van der Waals surface area contributed by atoms with Crippen molar-refractivity contribution < 1.29 is 19.8 Å². The highest BCUT2D eigenvalue weighted by molar-refractivity contribution is 7.10. The number of rotatable bonds is 1. The molecule has 0 unspecified atom stereocenters. The summed E-state index contributed by atoms with van der Waals surface area (Å²) < 4.78 is 0. The van der Waals surface area contributed by atoms with E-state index in [0.717, 1.165) is 12.0 Å². The van der Waals surface area contributed by atoms with Crippen molar-refractivity contribution in [1.82, 2.24) is 9.80 Å². The van der Waals surface area contributed by atoms with E-state index in [9.17, 15) is 14.7 Å². The number of β-amino-alcohol motifs (C(OH)–C–C–N with tert-alkyl or cyclic N) is 1. The predicted molar refractivity (Wildman–Crippen MR) is 72.6 cm³/mol. The number of amides is 2. The molecule has 0 saturated carbocycles. The fraction of sp³-hybridized carbons (Fsp3) is 0.538. The highest BCUT2D eigenvalue weighted by Gasteiger charge is 2.41. The minimum absolute atomic E-state index is 0.1000. The summed E-state index contributed by atoms with van der Waals surface area (Å²) in [5, 5.41) is 20.8. The van der Waals surface area contributed by atoms with Crippen molar-refractivity contribution in [3.05, 3.63) is 21.9 Å². The minimum atomic E-state index is -1.05. The van der Waals surface area contributed by atoms with Gasteiger partial charge in [-0.3, -0.25) is 0 Å². The number of aliphatic carboxylic acids is 1. The number of thiophene rings is 1. The molecule has 20 heavy (non-hydrogen) atoms. The second kappa shape index (κ2) is 5.06. The number of aliphatic hydroxyl groups excluding tert-OH is 1. The van der Waals surface area contributed by atoms with E-state index in [1.54, 1.807) is 16.2 Å². The second-order valence-corrected chi connectivity index (χ2v) is 6.22. The van der Waals surface area contributed by atoms with E-state index >= 15 is 0 Å². The molecule has 1 aromatic rings. The van der Waals surface area contributed by atoms with Crippen molar-refractivity contribution in [2.24, 2.45) is 0 Å². The van der Waals surface area contributed by atoms with Crippen LogP contribution < -0.4 is 0 Å². The van der Waals surface area contributed by atoms with Gasteiger partial charge >= 0.3 is 12.0 Å². The number of carboxylic acids is 1. The van der Waals surface area contributed by atoms with Gasteiger partial charge in [0.2, 0.25) is 0 Å². The molecule has 1 saturated heterocycles. The Morgan fingerprint density at radius 1 is 1.40 bits per heavy atom. The lowest BCUT2D eigenvalue weighted by molar-refractivity contribution is -0.141. The number of carbonyl (C=O) groups is 2. The number of fused-ring (bicyclic) bond motifs is 1. The molecule has 0 radical (unpaired) electrons. The van der Waals surface area contributed by atoms with Crippen molar-refractivity contribution in [2.75, 3.05) is 13.1 Å². The van der Waals surface area contributed by atoms with Crippen LogP contribution in [0.25, 0.3) is 0 Å². The quantitative estimate of drug-likeness (QED) is 0.801. The smallest absolute Gasteiger partial charge is 0.326 e. The molecular formula is C13H16N2O4S. The maximum atomic E-state index is 12.5. The Labute approximate surface area is 120 Å². The molecule has 108 valence electrons. The summed E-state index contributed by atoms with van der Waals surface area (Å²) in [7, 11) is 0. The first-order chi connectivity index (χ1) is 9.56. The van der Waals surface area contributed by atoms with E-state index < -0.39 is 18.1 Å². The van der Waals surface area contributed by atoms with Gasteiger partial charge in [0.1, 0.15) is 6.04 Å². The number of nitrogens with zero attached hydrogens (tertiary/aromatic N) is 2. The molecule has 3 heterocycles. The Hall–Kier alpha value is -1.60. The number of carbonyl (C=O) groups excluding carboxylic acids is 1. The lowest BCUT2D eigenvalue weighted by Gasteiger charge is -2.32. The molecule has 0 aliphatic carbocycles. The van der Waals surface area contributed by atoms with Crippen LogP contribution in [0.15, 0.2) is 11.4 Å². The van der Waals surface area contributed by atoms with Gasteiger partial charge in [-0.1, -0.05) is 0 Å². The van der Waals surface area contributed by atoms with Gasteiger partial charge in [-0.15, -0.1) is 11.3 Å². The van der Waals surface area contributed by atoms with Crippen molar-refractivity contribution in [3.63, 3.8) is 0 Å². The summed E-state index contributed by atoms with van der Waals surface area (Å²) >= 11 is 1.69. The monoisotopic (exact) mass is 296 g/mol. The van der Waals surface area contributed by atoms with Crippen LogP contribution in [0.3, 0.4) is 0 Å². The Morgan fingerprint density at radius 3 is 2.95 bits per heavy atom. The van der Waals surface area contributed by atoms with Gasteiger partial charge in [-0.2, -0.15) is 0 Å². The number of carboxylic acid groups (broad SMARTS) is 1. The first kappa shape index (κ1) is 13.4. The van der Waals surface area contributed by atoms with Gasteiger partial charge in [-0.25, -0.2) is 9.59 Å². The summed E-state index contributed by atoms with van der Waals surface area (Å²) in [5.41, 5.74) is 1.14. The largest absolute Gasteiger partial charge is 0.480 e. The van der Waals surface area contributed by atoms with Gasteiger partial charge in [0, 0.05) is 30.9 Å². The Balaban J connectivity index is 1.74. The lowest BCUT2D eigenvalue weighted by atomic mass is 10.1. The molecule has 6 nitrogen and oxygen atoms in total. The van der Waals surface area contributed by atoms with Crippen LogP contribution in [0.2, 0.25) is 0 Å². The summed E-state index contributed by atoms with van der Waals surface area (Å²) in [4.78, 5) is 27.9. The van der Waals surface area contributed by atoms with Gasteiger partial charge in [0.05, 0.1) is 6.10 Å². The third-order valence-corrected chi connectivity index (χ3v) is 4.91. The van der Waals surface area contributed by atoms with Crippen molar-refractivity contribution in [2.45, 2.75) is 31.5 Å². The lowest BCUT2D eigenvalue weighted by Crippen LogP contribution is -2.49. The van der Waals surface area contributed by atoms with Crippen LogP contribution in [0.1, 0.15) is 16.9 Å². The highest BCUT2D eigenvalue weighted by Crippen LogP contribution is 2.26. The second-order valence-electron chi connectivity index (χ2n) is 5.22. The molecule has 0 aromatic carbocycles. The number of urea groups is 1. The molecule has 2 aliphatic heterocycles. The van der Waals surface area contributed by atoms with Crippen LogP contribution in [-0.4, -0.2) is 57.2 Å². The molecule has 1 fully saturated rings. The Morgan fingerprint density at radius 2 is 2.20 bits per heavy atom. The van der Waals surface area contributed by atoms with Crippen LogP contribution in [0.4, 0.5) is 4.79 Å². The maximum absolute atomic E-state index is 12.5. The molecule has 2 amide bonds. The first-order valence-corrected chi connectivity index (χ1v) is 7.46. The number of hydrogen-bond acceptors (Lipinski definition) is 4. The summed E-state index contributed by atoms with van der Waals surface area (Å²) in [6.07, 6.45) is 0.174. The standard InChI is InChI=1S/C13H16N2O4S/c16-9-5-10(12(17)18)15(7-9)13(19)14-3-1-11-8(6-14)2-4-20-11/h2,4,9-10,16H,1,3,5-7H2,(H,17,18)/t9-,10-/m0/s1. The van der Waals surface area contributed by atoms with Gasteiger partial charge in [0.25, 0.3) is 0 Å². The molecule has 7 heteroatoms. The fourth-order valence-corrected chi connectivity index (χ4v) is 3.74. The van der Waals surface area contributed by atoms with Gasteiger partial charge < -0.3 is 20.0 Å². The third-order valence-electron chi connectivity index (χ3n) is 3.89. The zero-order valence-electron chi connectivity index (χ0n) is 10.9. The van der Waals surface area contributed by atoms with Crippen molar-refractivity contribution in [1.29, 1.82) is 0 Å². The first-order valence-electron chi connectivity index (χ1n) is 6.58. The Bertz CT molecular complexity index is 544. The van der Waals surface area contributed by atoms with Crippen LogP contribution in [0.5, 0.6) is 0 Å². The number of likely N-dealkylation sites (tertiary alicyclic amines) is 1. The average molecular weight is 296 g/mol. The molecule has 1 aromatic heterocycles. The van der Waals surface area contributed by atoms with Crippen LogP contribution >= 0.6 is 11.3 Å². The maximum Gasteiger partial charge on any atom is 0.326 e. The van der Waals surface area contributed by atoms with E-state index in [2.05, 4.69) is 0 Å². The molecule has 0 spiro atoms. The van der Waals surface area contributed by atoms with Crippen LogP contribution in [0, 0.1) is 0 Å². The topological polar surface area (TPSA) is 81.1 Å². The highest BCUT2D eigenvalue weighted by atomic mass is 32.1. The molecule has 2 aliphatic rings. The number of hydrogen-bond donors (Lipinski definition) is 2. The molecular weight excluding hydrogens is 280 g/mol. The van der Waals surface area contributed by atoms with Crippen molar-refractivity contribution in [3.8, 4) is 0 Å². The normalized spacial score (nSPS) is 25.6. The Kier molecular flexibility index (Phi) is 3.39. The summed E-state index contributed by atoms with van der Waals surface area (Å²) in [6, 6.07) is 0.805. The van der Waals surface area contributed by atoms with Gasteiger partial charge in [-0.05, 0) is 23.4 Å². The van der Waals surface area contributed by atoms with Crippen molar-refractivity contribution >= 4 is 23.3 Å². The molecule has 3 rings (SSSR count). The van der Waals surface area contributed by atoms with E-state index in [1.807, 2.05) is 11.4 Å². The summed E-state index contributed by atoms with van der Waals surface area (Å²) in [5.74, 6) is -1.05. The summed E-state index contributed by atoms with van der Waals surface area (Å²) in [6.45, 7) is 1.23.